The molecule has 2 N–H and O–H groups in total. The summed E-state index contributed by atoms with van der Waals surface area (Å²) >= 11 is 0. The fraction of sp³-hybridized carbons (Fsp3) is 0.500. The van der Waals surface area contributed by atoms with Gasteiger partial charge in [0.15, 0.2) is 9.84 Å². The first-order chi connectivity index (χ1) is 9.08. The van der Waals surface area contributed by atoms with Gasteiger partial charge in [-0.15, -0.1) is 0 Å². The van der Waals surface area contributed by atoms with E-state index in [0.717, 1.165) is 6.26 Å². The predicted molar refractivity (Wildman–Crippen MR) is 79.2 cm³/mol. The van der Waals surface area contributed by atoms with E-state index in [0.29, 0.717) is 12.2 Å². The normalized spacial score (nSPS) is 12.7. The van der Waals surface area contributed by atoms with Gasteiger partial charge >= 0.3 is 0 Å². The average molecular weight is 320 g/mol. The molecule has 0 radical (unpaired) electrons. The second-order valence-corrected chi connectivity index (χ2v) is 8.43. The topological polar surface area (TPSA) is 92.3 Å². The van der Waals surface area contributed by atoms with Crippen molar-refractivity contribution in [1.82, 2.24) is 4.72 Å². The molecule has 8 heteroatoms. The third kappa shape index (κ3) is 4.19. The number of sulfone groups is 1. The van der Waals surface area contributed by atoms with Crippen molar-refractivity contribution in [3.05, 3.63) is 18.2 Å². The van der Waals surface area contributed by atoms with Gasteiger partial charge in [0.05, 0.1) is 10.6 Å². The van der Waals surface area contributed by atoms with E-state index >= 15 is 0 Å². The summed E-state index contributed by atoms with van der Waals surface area (Å²) in [5.41, 5.74) is 0.382. The lowest BCUT2D eigenvalue weighted by Gasteiger charge is -2.15. The van der Waals surface area contributed by atoms with Crippen LogP contribution < -0.4 is 10.0 Å². The maximum Gasteiger partial charge on any atom is 0.242 e. The van der Waals surface area contributed by atoms with Gasteiger partial charge in [0.2, 0.25) is 10.0 Å². The van der Waals surface area contributed by atoms with Crippen molar-refractivity contribution in [2.75, 3.05) is 18.1 Å². The number of sulfonamides is 1. The molecule has 0 bridgehead atoms. The van der Waals surface area contributed by atoms with Crippen LogP contribution in [0.2, 0.25) is 0 Å². The second-order valence-electron chi connectivity index (χ2n) is 4.74. The van der Waals surface area contributed by atoms with Crippen LogP contribution in [0.5, 0.6) is 0 Å². The van der Waals surface area contributed by atoms with E-state index < -0.39 is 19.9 Å². The molecule has 114 valence electrons. The highest BCUT2D eigenvalue weighted by Crippen LogP contribution is 2.25. The SMILES string of the molecule is CCNc1ccc(S(C)(=O)=O)cc1S(=O)(=O)NC(C)C. The summed E-state index contributed by atoms with van der Waals surface area (Å²) in [5, 5.41) is 2.92. The lowest BCUT2D eigenvalue weighted by Crippen LogP contribution is -2.31. The molecular weight excluding hydrogens is 300 g/mol. The van der Waals surface area contributed by atoms with Crippen LogP contribution in [-0.4, -0.2) is 35.7 Å². The fourth-order valence-electron chi connectivity index (χ4n) is 1.67. The molecule has 0 aromatic heterocycles. The Morgan fingerprint density at radius 1 is 1.15 bits per heavy atom. The second kappa shape index (κ2) is 6.11. The summed E-state index contributed by atoms with van der Waals surface area (Å²) in [5.74, 6) is 0. The molecule has 0 fully saturated rings. The molecular formula is C12H20N2O4S2. The Morgan fingerprint density at radius 3 is 2.20 bits per heavy atom. The third-order valence-corrected chi connectivity index (χ3v) is 5.24. The van der Waals surface area contributed by atoms with Gasteiger partial charge < -0.3 is 5.32 Å². The summed E-state index contributed by atoms with van der Waals surface area (Å²) in [6.07, 6.45) is 1.04. The smallest absolute Gasteiger partial charge is 0.242 e. The minimum absolute atomic E-state index is 0.0247. The summed E-state index contributed by atoms with van der Waals surface area (Å²) in [6.45, 7) is 5.76. The van der Waals surface area contributed by atoms with Crippen LogP contribution in [0.1, 0.15) is 20.8 Å². The summed E-state index contributed by atoms with van der Waals surface area (Å²) in [6, 6.07) is 3.76. The first-order valence-electron chi connectivity index (χ1n) is 6.18. The van der Waals surface area contributed by atoms with Gasteiger partial charge in [-0.1, -0.05) is 0 Å². The van der Waals surface area contributed by atoms with E-state index in [1.54, 1.807) is 13.8 Å². The quantitative estimate of drug-likeness (QED) is 0.822. The van der Waals surface area contributed by atoms with E-state index in [1.807, 2.05) is 6.92 Å². The van der Waals surface area contributed by atoms with Gasteiger partial charge in [-0.05, 0) is 39.0 Å². The van der Waals surface area contributed by atoms with E-state index in [-0.39, 0.29) is 15.8 Å². The van der Waals surface area contributed by atoms with Crippen molar-refractivity contribution >= 4 is 25.5 Å². The maximum absolute atomic E-state index is 12.3. The molecule has 0 saturated heterocycles. The highest BCUT2D eigenvalue weighted by molar-refractivity contribution is 7.91. The minimum Gasteiger partial charge on any atom is -0.384 e. The van der Waals surface area contributed by atoms with Crippen molar-refractivity contribution in [2.45, 2.75) is 36.6 Å². The largest absolute Gasteiger partial charge is 0.384 e. The van der Waals surface area contributed by atoms with Crippen molar-refractivity contribution < 1.29 is 16.8 Å². The zero-order chi connectivity index (χ0) is 15.6. The van der Waals surface area contributed by atoms with Crippen molar-refractivity contribution in [3.63, 3.8) is 0 Å². The monoisotopic (exact) mass is 320 g/mol. The number of rotatable bonds is 6. The van der Waals surface area contributed by atoms with Crippen molar-refractivity contribution in [3.8, 4) is 0 Å². The van der Waals surface area contributed by atoms with E-state index in [2.05, 4.69) is 10.0 Å². The Hall–Kier alpha value is -1.12. The molecule has 6 nitrogen and oxygen atoms in total. The molecule has 0 aliphatic carbocycles. The highest BCUT2D eigenvalue weighted by atomic mass is 32.2. The van der Waals surface area contributed by atoms with E-state index in [1.165, 1.54) is 18.2 Å². The van der Waals surface area contributed by atoms with Gasteiger partial charge in [-0.2, -0.15) is 0 Å². The molecule has 0 aliphatic rings. The number of nitrogens with one attached hydrogen (secondary N) is 2. The Kier molecular flexibility index (Phi) is 5.17. The molecule has 20 heavy (non-hydrogen) atoms. The van der Waals surface area contributed by atoms with Crippen molar-refractivity contribution in [1.29, 1.82) is 0 Å². The standard InChI is InChI=1S/C12H20N2O4S2/c1-5-13-11-7-6-10(19(4,15)16)8-12(11)20(17,18)14-9(2)3/h6-9,13-14H,5H2,1-4H3. The molecule has 0 heterocycles. The van der Waals surface area contributed by atoms with Crippen molar-refractivity contribution in [2.24, 2.45) is 0 Å². The van der Waals surface area contributed by atoms with Gasteiger partial charge in [-0.25, -0.2) is 21.6 Å². The Balaban J connectivity index is 3.47. The molecule has 1 rings (SSSR count). The zero-order valence-electron chi connectivity index (χ0n) is 12.0. The molecule has 0 spiro atoms. The van der Waals surface area contributed by atoms with Crippen LogP contribution in [0.15, 0.2) is 28.0 Å². The number of benzene rings is 1. The summed E-state index contributed by atoms with van der Waals surface area (Å²) < 4.78 is 50.1. The molecule has 1 aromatic carbocycles. The Labute approximate surface area is 120 Å². The molecule has 0 saturated carbocycles. The fourth-order valence-corrected chi connectivity index (χ4v) is 3.85. The van der Waals surface area contributed by atoms with Gasteiger partial charge in [0.1, 0.15) is 4.90 Å². The molecule has 0 atom stereocenters. The lowest BCUT2D eigenvalue weighted by atomic mass is 10.3. The predicted octanol–water partition coefficient (Wildman–Crippen LogP) is 1.21. The van der Waals surface area contributed by atoms with Gasteiger partial charge in [0.25, 0.3) is 0 Å². The van der Waals surface area contributed by atoms with Gasteiger partial charge in [0, 0.05) is 18.8 Å². The number of hydrogen-bond acceptors (Lipinski definition) is 5. The zero-order valence-corrected chi connectivity index (χ0v) is 13.6. The first kappa shape index (κ1) is 16.9. The molecule has 0 amide bonds. The highest BCUT2D eigenvalue weighted by Gasteiger charge is 2.22. The number of hydrogen-bond donors (Lipinski definition) is 2. The lowest BCUT2D eigenvalue weighted by molar-refractivity contribution is 0.570. The van der Waals surface area contributed by atoms with E-state index in [9.17, 15) is 16.8 Å². The van der Waals surface area contributed by atoms with Crippen LogP contribution in [0, 0.1) is 0 Å². The van der Waals surface area contributed by atoms with Crippen LogP contribution in [0.3, 0.4) is 0 Å². The van der Waals surface area contributed by atoms with E-state index in [4.69, 9.17) is 0 Å². The van der Waals surface area contributed by atoms with Crippen LogP contribution >= 0.6 is 0 Å². The third-order valence-electron chi connectivity index (χ3n) is 2.43. The first-order valence-corrected chi connectivity index (χ1v) is 9.55. The summed E-state index contributed by atoms with van der Waals surface area (Å²) in [4.78, 5) is -0.0840. The minimum atomic E-state index is -3.77. The van der Waals surface area contributed by atoms with Crippen LogP contribution in [-0.2, 0) is 19.9 Å². The maximum atomic E-state index is 12.3. The average Bonchev–Trinajstić information content (AvgIpc) is 2.26. The van der Waals surface area contributed by atoms with Crippen LogP contribution in [0.25, 0.3) is 0 Å². The molecule has 0 unspecified atom stereocenters. The Morgan fingerprint density at radius 2 is 1.75 bits per heavy atom. The molecule has 0 aliphatic heterocycles. The molecule has 1 aromatic rings. The van der Waals surface area contributed by atoms with Crippen LogP contribution in [0.4, 0.5) is 5.69 Å². The number of anilines is 1. The Bertz CT molecular complexity index is 679. The summed E-state index contributed by atoms with van der Waals surface area (Å²) in [7, 11) is -7.24. The van der Waals surface area contributed by atoms with Gasteiger partial charge in [-0.3, -0.25) is 0 Å².